The molecule has 0 saturated carbocycles. The Morgan fingerprint density at radius 2 is 1.85 bits per heavy atom. The SMILES string of the molecule is CC[C@H](c1nnc(SCC(=O)N2CC(=O)Nc3ccccc32)n1Cc1ccccc1)N(C)C. The number of hydrogen-bond donors (Lipinski definition) is 1. The molecule has 2 amide bonds. The largest absolute Gasteiger partial charge is 0.323 e. The predicted molar refractivity (Wildman–Crippen MR) is 130 cm³/mol. The molecule has 4 rings (SSSR count). The average molecular weight is 465 g/mol. The van der Waals surface area contributed by atoms with E-state index >= 15 is 0 Å². The molecule has 33 heavy (non-hydrogen) atoms. The highest BCUT2D eigenvalue weighted by molar-refractivity contribution is 7.99. The lowest BCUT2D eigenvalue weighted by atomic mass is 10.2. The number of nitrogens with zero attached hydrogens (tertiary/aromatic N) is 5. The molecular weight excluding hydrogens is 436 g/mol. The number of benzene rings is 2. The van der Waals surface area contributed by atoms with Crippen LogP contribution in [0.15, 0.2) is 59.8 Å². The van der Waals surface area contributed by atoms with Gasteiger partial charge in [-0.25, -0.2) is 0 Å². The van der Waals surface area contributed by atoms with Crippen molar-refractivity contribution in [2.75, 3.05) is 36.6 Å². The lowest BCUT2D eigenvalue weighted by Crippen LogP contribution is -2.43. The lowest BCUT2D eigenvalue weighted by Gasteiger charge is -2.29. The monoisotopic (exact) mass is 464 g/mol. The van der Waals surface area contributed by atoms with E-state index in [-0.39, 0.29) is 30.2 Å². The summed E-state index contributed by atoms with van der Waals surface area (Å²) < 4.78 is 2.10. The van der Waals surface area contributed by atoms with Crippen LogP contribution < -0.4 is 10.2 Å². The Labute approximate surface area is 198 Å². The van der Waals surface area contributed by atoms with Gasteiger partial charge in [-0.15, -0.1) is 10.2 Å². The van der Waals surface area contributed by atoms with E-state index in [9.17, 15) is 9.59 Å². The minimum atomic E-state index is -0.196. The summed E-state index contributed by atoms with van der Waals surface area (Å²) in [6, 6.07) is 17.6. The minimum absolute atomic E-state index is 0.0108. The maximum atomic E-state index is 13.1. The van der Waals surface area contributed by atoms with Gasteiger partial charge in [-0.1, -0.05) is 61.2 Å². The number of para-hydroxylation sites is 2. The molecule has 9 heteroatoms. The molecule has 0 radical (unpaired) electrons. The molecular formula is C24H28N6O2S. The summed E-state index contributed by atoms with van der Waals surface area (Å²) in [5.41, 5.74) is 2.51. The Bertz CT molecular complexity index is 1130. The highest BCUT2D eigenvalue weighted by Gasteiger charge is 2.28. The van der Waals surface area contributed by atoms with E-state index in [1.807, 2.05) is 50.5 Å². The predicted octanol–water partition coefficient (Wildman–Crippen LogP) is 3.42. The molecule has 2 heterocycles. The minimum Gasteiger partial charge on any atom is -0.323 e. The summed E-state index contributed by atoms with van der Waals surface area (Å²) in [6.07, 6.45) is 0.892. The second-order valence-corrected chi connectivity index (χ2v) is 9.08. The zero-order valence-electron chi connectivity index (χ0n) is 19.1. The third kappa shape index (κ3) is 5.09. The maximum Gasteiger partial charge on any atom is 0.244 e. The molecule has 2 aromatic carbocycles. The summed E-state index contributed by atoms with van der Waals surface area (Å²) in [7, 11) is 4.07. The third-order valence-corrected chi connectivity index (χ3v) is 6.59. The fourth-order valence-corrected chi connectivity index (χ4v) is 4.83. The molecule has 1 atom stereocenters. The van der Waals surface area contributed by atoms with Gasteiger partial charge in [-0.05, 0) is 38.2 Å². The summed E-state index contributed by atoms with van der Waals surface area (Å²) in [4.78, 5) is 28.9. The first kappa shape index (κ1) is 23.0. The molecule has 1 aliphatic heterocycles. The zero-order valence-corrected chi connectivity index (χ0v) is 19.9. The van der Waals surface area contributed by atoms with Crippen molar-refractivity contribution in [1.82, 2.24) is 19.7 Å². The van der Waals surface area contributed by atoms with Gasteiger partial charge in [-0.2, -0.15) is 0 Å². The molecule has 0 aliphatic carbocycles. The van der Waals surface area contributed by atoms with Crippen molar-refractivity contribution in [2.45, 2.75) is 31.1 Å². The Hall–Kier alpha value is -3.17. The van der Waals surface area contributed by atoms with Crippen LogP contribution in [0, 0.1) is 0 Å². The first-order valence-electron chi connectivity index (χ1n) is 10.9. The van der Waals surface area contributed by atoms with E-state index in [0.29, 0.717) is 23.1 Å². The summed E-state index contributed by atoms with van der Waals surface area (Å²) >= 11 is 1.35. The topological polar surface area (TPSA) is 83.4 Å². The average Bonchev–Trinajstić information content (AvgIpc) is 3.19. The smallest absolute Gasteiger partial charge is 0.244 e. The number of aromatic nitrogens is 3. The van der Waals surface area contributed by atoms with Crippen molar-refractivity contribution in [3.05, 3.63) is 66.0 Å². The Balaban J connectivity index is 1.57. The van der Waals surface area contributed by atoms with Crippen LogP contribution in [-0.4, -0.2) is 57.9 Å². The number of anilines is 2. The van der Waals surface area contributed by atoms with Crippen LogP contribution in [-0.2, 0) is 16.1 Å². The molecule has 0 spiro atoms. The highest BCUT2D eigenvalue weighted by atomic mass is 32.2. The van der Waals surface area contributed by atoms with Crippen molar-refractivity contribution in [3.63, 3.8) is 0 Å². The fraction of sp³-hybridized carbons (Fsp3) is 0.333. The molecule has 8 nitrogen and oxygen atoms in total. The fourth-order valence-electron chi connectivity index (χ4n) is 4.01. The van der Waals surface area contributed by atoms with Crippen LogP contribution in [0.25, 0.3) is 0 Å². The van der Waals surface area contributed by atoms with Crippen LogP contribution in [0.4, 0.5) is 11.4 Å². The van der Waals surface area contributed by atoms with Gasteiger partial charge in [0.05, 0.1) is 29.7 Å². The van der Waals surface area contributed by atoms with Crippen LogP contribution in [0.1, 0.15) is 30.8 Å². The summed E-state index contributed by atoms with van der Waals surface area (Å²) in [5.74, 6) is 0.702. The first-order chi connectivity index (χ1) is 16.0. The Morgan fingerprint density at radius 1 is 1.12 bits per heavy atom. The van der Waals surface area contributed by atoms with Crippen LogP contribution in [0.2, 0.25) is 0 Å². The van der Waals surface area contributed by atoms with Gasteiger partial charge >= 0.3 is 0 Å². The van der Waals surface area contributed by atoms with Crippen LogP contribution >= 0.6 is 11.8 Å². The van der Waals surface area contributed by atoms with E-state index in [0.717, 1.165) is 17.8 Å². The summed E-state index contributed by atoms with van der Waals surface area (Å²) in [5, 5.41) is 12.5. The molecule has 0 fully saturated rings. The zero-order chi connectivity index (χ0) is 23.4. The van der Waals surface area contributed by atoms with E-state index in [1.54, 1.807) is 6.07 Å². The van der Waals surface area contributed by atoms with Crippen LogP contribution in [0.3, 0.4) is 0 Å². The number of fused-ring (bicyclic) bond motifs is 1. The molecule has 3 aromatic rings. The summed E-state index contributed by atoms with van der Waals surface area (Å²) in [6.45, 7) is 2.76. The molecule has 0 bridgehead atoms. The number of nitrogens with one attached hydrogen (secondary N) is 1. The van der Waals surface area contributed by atoms with E-state index < -0.39 is 0 Å². The van der Waals surface area contributed by atoms with Gasteiger partial charge in [-0.3, -0.25) is 14.5 Å². The Kier molecular flexibility index (Phi) is 7.10. The van der Waals surface area contributed by atoms with Crippen molar-refractivity contribution in [3.8, 4) is 0 Å². The quantitative estimate of drug-likeness (QED) is 0.515. The normalized spacial score (nSPS) is 14.2. The lowest BCUT2D eigenvalue weighted by molar-refractivity contribution is -0.120. The molecule has 0 unspecified atom stereocenters. The van der Waals surface area contributed by atoms with E-state index in [2.05, 4.69) is 44.0 Å². The van der Waals surface area contributed by atoms with Gasteiger partial charge < -0.3 is 14.8 Å². The standard InChI is InChI=1S/C24H28N6O2S/c1-4-19(28(2)3)23-26-27-24(30(23)14-17-10-6-5-7-11-17)33-16-22(32)29-15-21(31)25-18-12-8-9-13-20(18)29/h5-13,19H,4,14-16H2,1-3H3,(H,25,31)/t19-/m1/s1. The van der Waals surface area contributed by atoms with Crippen molar-refractivity contribution < 1.29 is 9.59 Å². The van der Waals surface area contributed by atoms with Crippen LogP contribution in [0.5, 0.6) is 0 Å². The number of amides is 2. The van der Waals surface area contributed by atoms with Crippen molar-refractivity contribution in [1.29, 1.82) is 0 Å². The third-order valence-electron chi connectivity index (χ3n) is 5.63. The number of hydrogen-bond acceptors (Lipinski definition) is 6. The molecule has 1 N–H and O–H groups in total. The van der Waals surface area contributed by atoms with Gasteiger partial charge in [0.1, 0.15) is 6.54 Å². The Morgan fingerprint density at radius 3 is 2.58 bits per heavy atom. The van der Waals surface area contributed by atoms with Gasteiger partial charge in [0, 0.05) is 0 Å². The number of carbonyl (C=O) groups excluding carboxylic acids is 2. The van der Waals surface area contributed by atoms with E-state index in [4.69, 9.17) is 0 Å². The highest BCUT2D eigenvalue weighted by Crippen LogP contribution is 2.31. The number of thioether (sulfide) groups is 1. The first-order valence-corrected chi connectivity index (χ1v) is 11.9. The second-order valence-electron chi connectivity index (χ2n) is 8.13. The molecule has 0 saturated heterocycles. The molecule has 1 aromatic heterocycles. The van der Waals surface area contributed by atoms with Gasteiger partial charge in [0.25, 0.3) is 0 Å². The second kappa shape index (κ2) is 10.2. The molecule has 172 valence electrons. The van der Waals surface area contributed by atoms with E-state index in [1.165, 1.54) is 16.7 Å². The number of rotatable bonds is 8. The molecule has 1 aliphatic rings. The van der Waals surface area contributed by atoms with Gasteiger partial charge in [0.15, 0.2) is 11.0 Å². The van der Waals surface area contributed by atoms with Crippen molar-refractivity contribution >= 4 is 35.0 Å². The number of carbonyl (C=O) groups is 2. The van der Waals surface area contributed by atoms with Crippen molar-refractivity contribution in [2.24, 2.45) is 0 Å². The van der Waals surface area contributed by atoms with Gasteiger partial charge in [0.2, 0.25) is 11.8 Å². The maximum absolute atomic E-state index is 13.1.